The van der Waals surface area contributed by atoms with E-state index in [1.165, 1.54) is 25.8 Å². The van der Waals surface area contributed by atoms with Gasteiger partial charge in [-0.25, -0.2) is 0 Å². The SMILES string of the molecule is CCNC(=NCCCN1CCCCC1C)NCCn1cccn1.I. The van der Waals surface area contributed by atoms with Crippen molar-refractivity contribution in [3.05, 3.63) is 18.5 Å². The molecule has 6 nitrogen and oxygen atoms in total. The van der Waals surface area contributed by atoms with Crippen LogP contribution in [0.3, 0.4) is 0 Å². The molecule has 1 unspecified atom stereocenters. The average molecular weight is 448 g/mol. The van der Waals surface area contributed by atoms with Gasteiger partial charge in [0, 0.05) is 44.6 Å². The van der Waals surface area contributed by atoms with Crippen molar-refractivity contribution in [2.24, 2.45) is 4.99 Å². The molecular weight excluding hydrogens is 415 g/mol. The molecule has 2 rings (SSSR count). The minimum absolute atomic E-state index is 0. The Bertz CT molecular complexity index is 448. The molecule has 0 spiro atoms. The van der Waals surface area contributed by atoms with Crippen LogP contribution in [0.5, 0.6) is 0 Å². The van der Waals surface area contributed by atoms with Crippen LogP contribution in [0.15, 0.2) is 23.5 Å². The van der Waals surface area contributed by atoms with E-state index in [0.717, 1.165) is 51.1 Å². The molecule has 1 saturated heterocycles. The quantitative estimate of drug-likeness (QED) is 0.278. The van der Waals surface area contributed by atoms with Gasteiger partial charge in [-0.2, -0.15) is 5.10 Å². The van der Waals surface area contributed by atoms with E-state index in [1.54, 1.807) is 6.20 Å². The highest BCUT2D eigenvalue weighted by Gasteiger charge is 2.16. The van der Waals surface area contributed by atoms with Crippen LogP contribution >= 0.6 is 24.0 Å². The second kappa shape index (κ2) is 12.5. The molecule has 1 aromatic rings. The van der Waals surface area contributed by atoms with E-state index in [2.05, 4.69) is 39.5 Å². The van der Waals surface area contributed by atoms with Crippen LogP contribution in [-0.2, 0) is 6.54 Å². The first-order chi connectivity index (χ1) is 11.3. The number of likely N-dealkylation sites (tertiary alicyclic amines) is 1. The zero-order valence-corrected chi connectivity index (χ0v) is 17.4. The lowest BCUT2D eigenvalue weighted by atomic mass is 10.0. The molecule has 0 saturated carbocycles. The van der Waals surface area contributed by atoms with E-state index in [1.807, 2.05) is 16.9 Å². The van der Waals surface area contributed by atoms with Crippen molar-refractivity contribution >= 4 is 29.9 Å². The predicted molar refractivity (Wildman–Crippen MR) is 111 cm³/mol. The van der Waals surface area contributed by atoms with Gasteiger partial charge in [0.1, 0.15) is 0 Å². The Morgan fingerprint density at radius 2 is 2.17 bits per heavy atom. The smallest absolute Gasteiger partial charge is 0.191 e. The molecule has 0 aromatic carbocycles. The summed E-state index contributed by atoms with van der Waals surface area (Å²) in [5, 5.41) is 10.9. The Hall–Kier alpha value is -0.830. The highest BCUT2D eigenvalue weighted by atomic mass is 127. The maximum Gasteiger partial charge on any atom is 0.191 e. The number of halogens is 1. The van der Waals surface area contributed by atoms with E-state index in [0.29, 0.717) is 0 Å². The summed E-state index contributed by atoms with van der Waals surface area (Å²) in [7, 11) is 0. The van der Waals surface area contributed by atoms with Crippen LogP contribution < -0.4 is 10.6 Å². The molecule has 2 N–H and O–H groups in total. The maximum atomic E-state index is 4.68. The molecular formula is C17H33IN6. The van der Waals surface area contributed by atoms with Gasteiger partial charge >= 0.3 is 0 Å². The van der Waals surface area contributed by atoms with Gasteiger partial charge in [0.15, 0.2) is 5.96 Å². The standard InChI is InChI=1S/C17H32N6.HI/c1-3-18-17(20-11-15-23-14-7-10-21-23)19-9-6-13-22-12-5-4-8-16(22)2;/h7,10,14,16H,3-6,8-9,11-13,15H2,1-2H3,(H2,18,19,20);1H. The number of aliphatic imine (C=N–C) groups is 1. The predicted octanol–water partition coefficient (Wildman–Crippen LogP) is 2.32. The third-order valence-corrected chi connectivity index (χ3v) is 4.35. The van der Waals surface area contributed by atoms with Crippen molar-refractivity contribution in [3.8, 4) is 0 Å². The van der Waals surface area contributed by atoms with Crippen LogP contribution in [0.25, 0.3) is 0 Å². The summed E-state index contributed by atoms with van der Waals surface area (Å²) in [6.45, 7) is 10.3. The number of hydrogen-bond acceptors (Lipinski definition) is 3. The fraction of sp³-hybridized carbons (Fsp3) is 0.765. The molecule has 0 aliphatic carbocycles. The van der Waals surface area contributed by atoms with Gasteiger partial charge in [-0.3, -0.25) is 9.67 Å². The molecule has 1 aromatic heterocycles. The van der Waals surface area contributed by atoms with Gasteiger partial charge in [0.2, 0.25) is 0 Å². The Labute approximate surface area is 163 Å². The first kappa shape index (κ1) is 21.2. The van der Waals surface area contributed by atoms with Crippen LogP contribution in [-0.4, -0.2) is 59.4 Å². The van der Waals surface area contributed by atoms with E-state index in [-0.39, 0.29) is 24.0 Å². The molecule has 0 bridgehead atoms. The Balaban J connectivity index is 0.00000288. The van der Waals surface area contributed by atoms with Crippen molar-refractivity contribution in [2.75, 3.05) is 32.7 Å². The van der Waals surface area contributed by atoms with Crippen LogP contribution in [0, 0.1) is 0 Å². The summed E-state index contributed by atoms with van der Waals surface area (Å²) in [4.78, 5) is 7.29. The van der Waals surface area contributed by atoms with Gasteiger partial charge in [-0.05, 0) is 45.7 Å². The first-order valence-corrected chi connectivity index (χ1v) is 9.03. The lowest BCUT2D eigenvalue weighted by Crippen LogP contribution is -2.40. The Kier molecular flexibility index (Phi) is 11.1. The van der Waals surface area contributed by atoms with Crippen LogP contribution in [0.2, 0.25) is 0 Å². The summed E-state index contributed by atoms with van der Waals surface area (Å²) >= 11 is 0. The number of guanidine groups is 1. The zero-order chi connectivity index (χ0) is 16.3. The molecule has 0 radical (unpaired) electrons. The lowest BCUT2D eigenvalue weighted by molar-refractivity contribution is 0.160. The molecule has 24 heavy (non-hydrogen) atoms. The zero-order valence-electron chi connectivity index (χ0n) is 15.1. The minimum Gasteiger partial charge on any atom is -0.357 e. The summed E-state index contributed by atoms with van der Waals surface area (Å²) in [5.74, 6) is 0.909. The summed E-state index contributed by atoms with van der Waals surface area (Å²) < 4.78 is 1.92. The number of hydrogen-bond donors (Lipinski definition) is 2. The molecule has 1 fully saturated rings. The summed E-state index contributed by atoms with van der Waals surface area (Å²) in [6.07, 6.45) is 9.00. The lowest BCUT2D eigenvalue weighted by Gasteiger charge is -2.33. The summed E-state index contributed by atoms with van der Waals surface area (Å²) in [5.41, 5.74) is 0. The number of nitrogens with zero attached hydrogens (tertiary/aromatic N) is 4. The molecule has 7 heteroatoms. The second-order valence-corrected chi connectivity index (χ2v) is 6.19. The Morgan fingerprint density at radius 3 is 2.88 bits per heavy atom. The fourth-order valence-electron chi connectivity index (χ4n) is 3.02. The van der Waals surface area contributed by atoms with E-state index in [4.69, 9.17) is 0 Å². The average Bonchev–Trinajstić information content (AvgIpc) is 3.06. The first-order valence-electron chi connectivity index (χ1n) is 9.03. The highest BCUT2D eigenvalue weighted by Crippen LogP contribution is 2.16. The molecule has 1 aliphatic heterocycles. The molecule has 1 aliphatic rings. The number of piperidine rings is 1. The minimum atomic E-state index is 0. The van der Waals surface area contributed by atoms with Gasteiger partial charge < -0.3 is 15.5 Å². The van der Waals surface area contributed by atoms with E-state index in [9.17, 15) is 0 Å². The van der Waals surface area contributed by atoms with Crippen LogP contribution in [0.4, 0.5) is 0 Å². The van der Waals surface area contributed by atoms with Gasteiger partial charge in [0.05, 0.1) is 6.54 Å². The third-order valence-electron chi connectivity index (χ3n) is 4.35. The highest BCUT2D eigenvalue weighted by molar-refractivity contribution is 14.0. The summed E-state index contributed by atoms with van der Waals surface area (Å²) in [6, 6.07) is 2.69. The monoisotopic (exact) mass is 448 g/mol. The molecule has 0 amide bonds. The number of nitrogens with one attached hydrogen (secondary N) is 2. The van der Waals surface area contributed by atoms with E-state index < -0.39 is 0 Å². The second-order valence-electron chi connectivity index (χ2n) is 6.19. The maximum absolute atomic E-state index is 4.68. The molecule has 2 heterocycles. The van der Waals surface area contributed by atoms with Crippen molar-refractivity contribution in [1.82, 2.24) is 25.3 Å². The molecule has 138 valence electrons. The topological polar surface area (TPSA) is 57.5 Å². The normalized spacial score (nSPS) is 18.9. The van der Waals surface area contributed by atoms with Crippen LogP contribution in [0.1, 0.15) is 39.5 Å². The number of aromatic nitrogens is 2. The third kappa shape index (κ3) is 7.83. The fourth-order valence-corrected chi connectivity index (χ4v) is 3.02. The van der Waals surface area contributed by atoms with E-state index >= 15 is 0 Å². The van der Waals surface area contributed by atoms with Gasteiger partial charge in [-0.1, -0.05) is 6.42 Å². The van der Waals surface area contributed by atoms with Gasteiger partial charge in [-0.15, -0.1) is 24.0 Å². The van der Waals surface area contributed by atoms with Crippen molar-refractivity contribution < 1.29 is 0 Å². The largest absolute Gasteiger partial charge is 0.357 e. The Morgan fingerprint density at radius 1 is 1.29 bits per heavy atom. The van der Waals surface area contributed by atoms with Crippen molar-refractivity contribution in [3.63, 3.8) is 0 Å². The van der Waals surface area contributed by atoms with Crippen molar-refractivity contribution in [2.45, 2.75) is 52.1 Å². The molecule has 1 atom stereocenters. The van der Waals surface area contributed by atoms with Gasteiger partial charge in [0.25, 0.3) is 0 Å². The van der Waals surface area contributed by atoms with Crippen molar-refractivity contribution in [1.29, 1.82) is 0 Å². The number of rotatable bonds is 8.